The van der Waals surface area contributed by atoms with E-state index in [0.29, 0.717) is 30.2 Å². The van der Waals surface area contributed by atoms with E-state index >= 15 is 0 Å². The lowest BCUT2D eigenvalue weighted by atomic mass is 10.0. The average molecular weight is 481 g/mol. The standard InChI is InChI=1S/C27H36N4O4/c1-18-14-31(15-20-9-11-28-12-10-20)19(2)17-35-24-13-22(29-26(32)21-5-6-21)7-8-23(24)27(33)30(3)16-25(18)34-4/h7-13,18-19,21,25H,5-6,14-17H2,1-4H3,(H,29,32)/t18-,19+,25+/m1/s1. The topological polar surface area (TPSA) is 84.0 Å². The van der Waals surface area contributed by atoms with Gasteiger partial charge in [0, 0.05) is 69.9 Å². The van der Waals surface area contributed by atoms with E-state index in [2.05, 4.69) is 29.0 Å². The Labute approximate surface area is 207 Å². The third-order valence-electron chi connectivity index (χ3n) is 6.93. The van der Waals surface area contributed by atoms with Gasteiger partial charge in [0.05, 0.1) is 11.7 Å². The molecule has 1 aliphatic carbocycles. The summed E-state index contributed by atoms with van der Waals surface area (Å²) >= 11 is 0. The zero-order valence-electron chi connectivity index (χ0n) is 21.1. The van der Waals surface area contributed by atoms with Crippen LogP contribution in [0.25, 0.3) is 0 Å². The molecule has 0 radical (unpaired) electrons. The minimum Gasteiger partial charge on any atom is -0.491 e. The van der Waals surface area contributed by atoms with Crippen LogP contribution in [0.2, 0.25) is 0 Å². The summed E-state index contributed by atoms with van der Waals surface area (Å²) in [5.41, 5.74) is 2.30. The number of benzene rings is 1. The second-order valence-corrected chi connectivity index (χ2v) is 9.86. The fourth-order valence-electron chi connectivity index (χ4n) is 4.46. The highest BCUT2D eigenvalue weighted by Crippen LogP contribution is 2.32. The zero-order valence-corrected chi connectivity index (χ0v) is 21.1. The SMILES string of the molecule is CO[C@H]1CN(C)C(=O)c2ccc(NC(=O)C3CC3)cc2OC[C@H](C)N(Cc2ccncc2)C[C@H]1C. The van der Waals surface area contributed by atoms with Crippen LogP contribution in [-0.2, 0) is 16.1 Å². The van der Waals surface area contributed by atoms with E-state index in [9.17, 15) is 9.59 Å². The predicted molar refractivity (Wildman–Crippen MR) is 134 cm³/mol. The quantitative estimate of drug-likeness (QED) is 0.706. The van der Waals surface area contributed by atoms with Gasteiger partial charge in [0.15, 0.2) is 0 Å². The molecule has 1 fully saturated rings. The summed E-state index contributed by atoms with van der Waals surface area (Å²) in [6, 6.07) is 9.41. The summed E-state index contributed by atoms with van der Waals surface area (Å²) in [7, 11) is 3.49. The lowest BCUT2D eigenvalue weighted by molar-refractivity contribution is -0.117. The molecule has 2 heterocycles. The number of hydrogen-bond acceptors (Lipinski definition) is 6. The number of carbonyl (C=O) groups excluding carboxylic acids is 2. The Balaban J connectivity index is 1.62. The third kappa shape index (κ3) is 6.38. The molecule has 2 aliphatic rings. The van der Waals surface area contributed by atoms with Crippen molar-refractivity contribution in [3.8, 4) is 5.75 Å². The molecule has 35 heavy (non-hydrogen) atoms. The molecule has 0 unspecified atom stereocenters. The first-order valence-electron chi connectivity index (χ1n) is 12.3. The van der Waals surface area contributed by atoms with Crippen LogP contribution in [0, 0.1) is 11.8 Å². The summed E-state index contributed by atoms with van der Waals surface area (Å²) in [6.07, 6.45) is 5.36. The molecule has 8 heteroatoms. The summed E-state index contributed by atoms with van der Waals surface area (Å²) < 4.78 is 12.1. The second-order valence-electron chi connectivity index (χ2n) is 9.86. The van der Waals surface area contributed by atoms with Gasteiger partial charge >= 0.3 is 0 Å². The summed E-state index contributed by atoms with van der Waals surface area (Å²) in [4.78, 5) is 33.8. The van der Waals surface area contributed by atoms with E-state index < -0.39 is 0 Å². The maximum absolute atomic E-state index is 13.3. The van der Waals surface area contributed by atoms with Crippen LogP contribution in [0.4, 0.5) is 5.69 Å². The molecule has 3 atom stereocenters. The highest BCUT2D eigenvalue weighted by atomic mass is 16.5. The predicted octanol–water partition coefficient (Wildman–Crippen LogP) is 3.44. The number of anilines is 1. The number of hydrogen-bond donors (Lipinski definition) is 1. The van der Waals surface area contributed by atoms with Gasteiger partial charge in [0.1, 0.15) is 12.4 Å². The van der Waals surface area contributed by atoms with Gasteiger partial charge in [-0.05, 0) is 55.5 Å². The highest BCUT2D eigenvalue weighted by Gasteiger charge is 2.31. The van der Waals surface area contributed by atoms with Crippen molar-refractivity contribution < 1.29 is 19.1 Å². The van der Waals surface area contributed by atoms with Crippen LogP contribution in [0.3, 0.4) is 0 Å². The normalized spacial score (nSPS) is 24.1. The Hall–Kier alpha value is -2.97. The molecule has 0 saturated heterocycles. The van der Waals surface area contributed by atoms with Crippen molar-refractivity contribution in [2.24, 2.45) is 11.8 Å². The van der Waals surface area contributed by atoms with Crippen LogP contribution < -0.4 is 10.1 Å². The number of amides is 2. The molecule has 1 N–H and O–H groups in total. The number of nitrogens with one attached hydrogen (secondary N) is 1. The average Bonchev–Trinajstić information content (AvgIpc) is 3.71. The van der Waals surface area contributed by atoms with Gasteiger partial charge < -0.3 is 19.7 Å². The fourth-order valence-corrected chi connectivity index (χ4v) is 4.46. The van der Waals surface area contributed by atoms with Gasteiger partial charge in [0.2, 0.25) is 5.91 Å². The van der Waals surface area contributed by atoms with Crippen molar-refractivity contribution in [3.05, 3.63) is 53.9 Å². The van der Waals surface area contributed by atoms with E-state index in [-0.39, 0.29) is 35.8 Å². The van der Waals surface area contributed by atoms with Crippen molar-refractivity contribution >= 4 is 17.5 Å². The number of methoxy groups -OCH3 is 1. The largest absolute Gasteiger partial charge is 0.491 e. The lowest BCUT2D eigenvalue weighted by Gasteiger charge is -2.36. The molecule has 1 saturated carbocycles. The molecule has 0 bridgehead atoms. The molecule has 2 aromatic rings. The lowest BCUT2D eigenvalue weighted by Crippen LogP contribution is -2.46. The summed E-state index contributed by atoms with van der Waals surface area (Å²) in [5, 5.41) is 2.96. The monoisotopic (exact) mass is 480 g/mol. The van der Waals surface area contributed by atoms with Crippen LogP contribution in [0.5, 0.6) is 5.75 Å². The van der Waals surface area contributed by atoms with Gasteiger partial charge in [-0.1, -0.05) is 6.92 Å². The minimum absolute atomic E-state index is 0.0235. The van der Waals surface area contributed by atoms with Crippen molar-refractivity contribution in [1.82, 2.24) is 14.8 Å². The van der Waals surface area contributed by atoms with Crippen molar-refractivity contribution in [2.75, 3.05) is 39.2 Å². The number of fused-ring (bicyclic) bond motifs is 1. The molecule has 188 valence electrons. The van der Waals surface area contributed by atoms with Crippen molar-refractivity contribution in [2.45, 2.75) is 45.4 Å². The van der Waals surface area contributed by atoms with Crippen molar-refractivity contribution in [1.29, 1.82) is 0 Å². The maximum atomic E-state index is 13.3. The van der Waals surface area contributed by atoms with Crippen molar-refractivity contribution in [3.63, 3.8) is 0 Å². The maximum Gasteiger partial charge on any atom is 0.257 e. The minimum atomic E-state index is -0.129. The van der Waals surface area contributed by atoms with Gasteiger partial charge in [-0.3, -0.25) is 19.5 Å². The molecule has 4 rings (SSSR count). The first kappa shape index (κ1) is 25.1. The van der Waals surface area contributed by atoms with Gasteiger partial charge in [0.25, 0.3) is 5.91 Å². The number of pyridine rings is 1. The van der Waals surface area contributed by atoms with E-state index in [4.69, 9.17) is 9.47 Å². The fraction of sp³-hybridized carbons (Fsp3) is 0.519. The Bertz CT molecular complexity index is 1030. The summed E-state index contributed by atoms with van der Waals surface area (Å²) in [5.74, 6) is 0.665. The third-order valence-corrected chi connectivity index (χ3v) is 6.93. The van der Waals surface area contributed by atoms with E-state index in [1.807, 2.05) is 24.5 Å². The van der Waals surface area contributed by atoms with Crippen LogP contribution in [0.1, 0.15) is 42.6 Å². The molecule has 1 aromatic carbocycles. The highest BCUT2D eigenvalue weighted by molar-refractivity contribution is 5.99. The number of ether oxygens (including phenoxy) is 2. The molecule has 2 amide bonds. The first-order valence-corrected chi connectivity index (χ1v) is 12.3. The number of carbonyl (C=O) groups is 2. The second kappa shape index (κ2) is 11.2. The zero-order chi connectivity index (χ0) is 24.9. The molecule has 1 aliphatic heterocycles. The summed E-state index contributed by atoms with van der Waals surface area (Å²) in [6.45, 7) is 6.71. The Morgan fingerprint density at radius 2 is 1.91 bits per heavy atom. The van der Waals surface area contributed by atoms with Crippen LogP contribution in [0.15, 0.2) is 42.7 Å². The van der Waals surface area contributed by atoms with Gasteiger partial charge in [-0.2, -0.15) is 0 Å². The number of likely N-dealkylation sites (N-methyl/N-ethyl adjacent to an activating group) is 1. The van der Waals surface area contributed by atoms with E-state index in [0.717, 1.165) is 25.9 Å². The molecular weight excluding hydrogens is 444 g/mol. The number of rotatable bonds is 5. The smallest absolute Gasteiger partial charge is 0.257 e. The van der Waals surface area contributed by atoms with Crippen LogP contribution >= 0.6 is 0 Å². The Kier molecular flexibility index (Phi) is 8.03. The van der Waals surface area contributed by atoms with Gasteiger partial charge in [-0.25, -0.2) is 0 Å². The van der Waals surface area contributed by atoms with Crippen LogP contribution in [-0.4, -0.2) is 72.6 Å². The Morgan fingerprint density at radius 3 is 2.60 bits per heavy atom. The van der Waals surface area contributed by atoms with E-state index in [1.54, 1.807) is 37.3 Å². The molecule has 1 aromatic heterocycles. The molecule has 0 spiro atoms. The number of aromatic nitrogens is 1. The van der Waals surface area contributed by atoms with E-state index in [1.165, 1.54) is 5.56 Å². The molecular formula is C27H36N4O4. The Morgan fingerprint density at radius 1 is 1.17 bits per heavy atom. The number of nitrogens with zero attached hydrogens (tertiary/aromatic N) is 3. The molecule has 8 nitrogen and oxygen atoms in total. The first-order chi connectivity index (χ1) is 16.9. The van der Waals surface area contributed by atoms with Gasteiger partial charge in [-0.15, -0.1) is 0 Å².